The molecule has 5 rings (SSSR count). The van der Waals surface area contributed by atoms with E-state index in [2.05, 4.69) is 25.6 Å². The van der Waals surface area contributed by atoms with E-state index in [1.54, 1.807) is 66.9 Å². The summed E-state index contributed by atoms with van der Waals surface area (Å²) in [6, 6.07) is 15.1. The molecule has 3 heterocycles. The van der Waals surface area contributed by atoms with Crippen molar-refractivity contribution in [1.82, 2.24) is 15.0 Å². The predicted octanol–water partition coefficient (Wildman–Crippen LogP) is 5.22. The molecule has 0 atom stereocenters. The number of carbonyl (C=O) groups excluding carboxylic acids is 2. The van der Waals surface area contributed by atoms with Gasteiger partial charge in [0.1, 0.15) is 12.5 Å². The normalized spacial score (nSPS) is 12.8. The van der Waals surface area contributed by atoms with E-state index in [-0.39, 0.29) is 18.5 Å². The van der Waals surface area contributed by atoms with Gasteiger partial charge in [0.2, 0.25) is 5.95 Å². The molecule has 2 aromatic carbocycles. The highest BCUT2D eigenvalue weighted by Crippen LogP contribution is 2.33. The van der Waals surface area contributed by atoms with Gasteiger partial charge in [0, 0.05) is 36.3 Å². The van der Waals surface area contributed by atoms with Crippen LogP contribution in [0.3, 0.4) is 0 Å². The molecular formula is C27H24FN7O2. The first kappa shape index (κ1) is 23.9. The highest BCUT2D eigenvalue weighted by molar-refractivity contribution is 6.07. The van der Waals surface area contributed by atoms with Gasteiger partial charge in [-0.15, -0.1) is 0 Å². The number of aromatic nitrogens is 3. The summed E-state index contributed by atoms with van der Waals surface area (Å²) in [5.74, 6) is 0.509. The number of urea groups is 1. The van der Waals surface area contributed by atoms with E-state index in [0.717, 1.165) is 16.8 Å². The number of alkyl halides is 1. The van der Waals surface area contributed by atoms with Crippen LogP contribution in [0.25, 0.3) is 0 Å². The Morgan fingerprint density at radius 2 is 1.95 bits per heavy atom. The number of amides is 3. The highest BCUT2D eigenvalue weighted by Gasteiger charge is 2.31. The monoisotopic (exact) mass is 497 g/mol. The number of carbonyl (C=O) groups is 2. The smallest absolute Gasteiger partial charge is 0.323 e. The van der Waals surface area contributed by atoms with Gasteiger partial charge in [-0.1, -0.05) is 18.2 Å². The van der Waals surface area contributed by atoms with Crippen molar-refractivity contribution in [3.8, 4) is 0 Å². The maximum atomic E-state index is 13.4. The third-order valence-electron chi connectivity index (χ3n) is 6.02. The van der Waals surface area contributed by atoms with Gasteiger partial charge in [0.05, 0.1) is 24.1 Å². The van der Waals surface area contributed by atoms with Gasteiger partial charge in [-0.3, -0.25) is 19.6 Å². The first-order valence-electron chi connectivity index (χ1n) is 11.6. The minimum atomic E-state index is -0.646. The topological polar surface area (TPSA) is 103 Å². The average molecular weight is 498 g/mol. The van der Waals surface area contributed by atoms with Crippen molar-refractivity contribution in [2.24, 2.45) is 0 Å². The molecule has 0 unspecified atom stereocenters. The van der Waals surface area contributed by atoms with E-state index < -0.39 is 6.67 Å². The second-order valence-corrected chi connectivity index (χ2v) is 8.63. The molecule has 4 aromatic rings. The Kier molecular flexibility index (Phi) is 6.46. The summed E-state index contributed by atoms with van der Waals surface area (Å²) in [7, 11) is 1.66. The largest absolute Gasteiger partial charge is 0.330 e. The Morgan fingerprint density at radius 3 is 2.73 bits per heavy atom. The Labute approximate surface area is 213 Å². The van der Waals surface area contributed by atoms with E-state index in [4.69, 9.17) is 0 Å². The zero-order valence-electron chi connectivity index (χ0n) is 20.3. The lowest BCUT2D eigenvalue weighted by atomic mass is 10.1. The summed E-state index contributed by atoms with van der Waals surface area (Å²) in [4.78, 5) is 42.2. The van der Waals surface area contributed by atoms with Crippen molar-refractivity contribution >= 4 is 40.8 Å². The Bertz CT molecular complexity index is 1480. The fourth-order valence-electron chi connectivity index (χ4n) is 4.10. The van der Waals surface area contributed by atoms with Crippen LogP contribution in [0.1, 0.15) is 27.0 Å². The first-order valence-corrected chi connectivity index (χ1v) is 11.6. The Balaban J connectivity index is 1.39. The summed E-state index contributed by atoms with van der Waals surface area (Å²) in [6.45, 7) is 1.51. The second-order valence-electron chi connectivity index (χ2n) is 8.63. The fraction of sp³-hybridized carbons (Fsp3) is 0.148. The van der Waals surface area contributed by atoms with Crippen LogP contribution in [-0.4, -0.2) is 33.9 Å². The highest BCUT2D eigenvalue weighted by atomic mass is 19.1. The number of anilines is 5. The van der Waals surface area contributed by atoms with Crippen LogP contribution in [0.15, 0.2) is 73.2 Å². The molecule has 1 aliphatic heterocycles. The third kappa shape index (κ3) is 4.94. The third-order valence-corrected chi connectivity index (χ3v) is 6.02. The lowest BCUT2D eigenvalue weighted by molar-refractivity contribution is 0.102. The van der Waals surface area contributed by atoms with Gasteiger partial charge in [-0.25, -0.2) is 14.2 Å². The number of hydrogen-bond acceptors (Lipinski definition) is 6. The number of halogens is 1. The summed E-state index contributed by atoms with van der Waals surface area (Å²) in [6.07, 6.45) is 5.02. The minimum Gasteiger partial charge on any atom is -0.323 e. The predicted molar refractivity (Wildman–Crippen MR) is 140 cm³/mol. The van der Waals surface area contributed by atoms with Crippen molar-refractivity contribution in [3.63, 3.8) is 0 Å². The molecule has 0 bridgehead atoms. The number of rotatable bonds is 6. The number of nitrogens with one attached hydrogen (secondary N) is 2. The fourth-order valence-corrected chi connectivity index (χ4v) is 4.10. The van der Waals surface area contributed by atoms with Gasteiger partial charge >= 0.3 is 6.03 Å². The number of nitrogens with zero attached hydrogens (tertiary/aromatic N) is 5. The molecule has 0 aliphatic carbocycles. The minimum absolute atomic E-state index is 0.263. The van der Waals surface area contributed by atoms with Gasteiger partial charge in [0.15, 0.2) is 0 Å². The van der Waals surface area contributed by atoms with Crippen LogP contribution in [0.4, 0.5) is 38.0 Å². The zero-order chi connectivity index (χ0) is 25.9. The summed E-state index contributed by atoms with van der Waals surface area (Å²) in [5.41, 5.74) is 4.32. The van der Waals surface area contributed by atoms with Gasteiger partial charge in [-0.2, -0.15) is 4.98 Å². The van der Waals surface area contributed by atoms with E-state index in [1.807, 2.05) is 19.1 Å². The van der Waals surface area contributed by atoms with Gasteiger partial charge in [0.25, 0.3) is 5.91 Å². The van der Waals surface area contributed by atoms with Crippen molar-refractivity contribution in [1.29, 1.82) is 0 Å². The molecule has 3 amide bonds. The second kappa shape index (κ2) is 10.0. The zero-order valence-corrected chi connectivity index (χ0v) is 20.3. The van der Waals surface area contributed by atoms with Crippen molar-refractivity contribution in [2.45, 2.75) is 20.1 Å². The van der Waals surface area contributed by atoms with E-state index in [0.29, 0.717) is 34.3 Å². The number of aryl methyl sites for hydroxylation is 1. The van der Waals surface area contributed by atoms with Crippen LogP contribution >= 0.6 is 0 Å². The number of benzene rings is 2. The molecule has 2 aromatic heterocycles. The van der Waals surface area contributed by atoms with Crippen LogP contribution in [-0.2, 0) is 13.2 Å². The van der Waals surface area contributed by atoms with Crippen LogP contribution in [0.5, 0.6) is 0 Å². The lowest BCUT2D eigenvalue weighted by Gasteiger charge is -2.35. The number of hydrogen-bond donors (Lipinski definition) is 2. The molecular weight excluding hydrogens is 473 g/mol. The Morgan fingerprint density at radius 1 is 1.08 bits per heavy atom. The lowest BCUT2D eigenvalue weighted by Crippen LogP contribution is -2.46. The molecule has 1 aliphatic rings. The molecule has 10 heteroatoms. The SMILES string of the molecule is Cc1ccc(NC(=O)c2cccc(CF)c2)cc1N1Cc2cnc(Nc3cccnc3)nc2N(C)C1=O. The van der Waals surface area contributed by atoms with E-state index >= 15 is 0 Å². The summed E-state index contributed by atoms with van der Waals surface area (Å²) < 4.78 is 13.0. The molecule has 0 fully saturated rings. The number of pyridine rings is 1. The van der Waals surface area contributed by atoms with E-state index in [9.17, 15) is 14.0 Å². The van der Waals surface area contributed by atoms with Crippen LogP contribution in [0.2, 0.25) is 0 Å². The van der Waals surface area contributed by atoms with Gasteiger partial charge in [-0.05, 0) is 54.4 Å². The van der Waals surface area contributed by atoms with Crippen molar-refractivity contribution in [2.75, 3.05) is 27.5 Å². The number of fused-ring (bicyclic) bond motifs is 1. The summed E-state index contributed by atoms with van der Waals surface area (Å²) in [5, 5.41) is 5.93. The maximum absolute atomic E-state index is 13.4. The molecule has 0 saturated carbocycles. The first-order chi connectivity index (χ1) is 17.9. The van der Waals surface area contributed by atoms with E-state index in [1.165, 1.54) is 11.0 Å². The standard InChI is InChI=1S/C27H24FN7O2/c1-17-8-9-21(31-25(36)19-6-3-5-18(11-19)13-28)12-23(17)35-16-20-14-30-26(32-22-7-4-10-29-15-22)33-24(20)34(2)27(35)37/h3-12,14-15H,13,16H2,1-2H3,(H,31,36)(H,30,32,33). The molecule has 0 saturated heterocycles. The van der Waals surface area contributed by atoms with Crippen LogP contribution < -0.4 is 20.4 Å². The van der Waals surface area contributed by atoms with Crippen LogP contribution in [0, 0.1) is 6.92 Å². The Hall–Kier alpha value is -4.86. The average Bonchev–Trinajstić information content (AvgIpc) is 2.92. The molecule has 2 N–H and O–H groups in total. The van der Waals surface area contributed by atoms with Crippen molar-refractivity contribution in [3.05, 3.63) is 95.4 Å². The maximum Gasteiger partial charge on any atom is 0.330 e. The molecule has 0 spiro atoms. The molecule has 37 heavy (non-hydrogen) atoms. The summed E-state index contributed by atoms with van der Waals surface area (Å²) >= 11 is 0. The van der Waals surface area contributed by atoms with Crippen molar-refractivity contribution < 1.29 is 14.0 Å². The molecule has 9 nitrogen and oxygen atoms in total. The quantitative estimate of drug-likeness (QED) is 0.379. The molecule has 186 valence electrons. The molecule has 0 radical (unpaired) electrons. The van der Waals surface area contributed by atoms with Gasteiger partial charge < -0.3 is 10.6 Å².